The third kappa shape index (κ3) is 3.08. The summed E-state index contributed by atoms with van der Waals surface area (Å²) in [6, 6.07) is 1.93. The van der Waals surface area contributed by atoms with Gasteiger partial charge in [-0.1, -0.05) is 18.7 Å². The van der Waals surface area contributed by atoms with Crippen LogP contribution in [0.5, 0.6) is 0 Å². The summed E-state index contributed by atoms with van der Waals surface area (Å²) in [6.45, 7) is 3.08. The van der Waals surface area contributed by atoms with Crippen LogP contribution >= 0.6 is 27.7 Å². The van der Waals surface area contributed by atoms with Crippen molar-refractivity contribution in [2.75, 3.05) is 5.75 Å². The van der Waals surface area contributed by atoms with E-state index in [4.69, 9.17) is 5.11 Å². The first-order valence-corrected chi connectivity index (χ1v) is 8.67. The van der Waals surface area contributed by atoms with E-state index < -0.39 is 5.97 Å². The number of thioether (sulfide) groups is 1. The van der Waals surface area contributed by atoms with Crippen molar-refractivity contribution in [3.63, 3.8) is 0 Å². The summed E-state index contributed by atoms with van der Waals surface area (Å²) in [4.78, 5) is 19.9. The first-order valence-electron chi connectivity index (χ1n) is 6.89. The number of fused-ring (bicyclic) bond motifs is 1. The number of aromatic nitrogens is 3. The van der Waals surface area contributed by atoms with Crippen LogP contribution in [0, 0.1) is 5.41 Å². The molecule has 21 heavy (non-hydrogen) atoms. The molecule has 0 saturated heterocycles. The van der Waals surface area contributed by atoms with Crippen LogP contribution in [-0.4, -0.2) is 31.4 Å². The zero-order valence-corrected chi connectivity index (χ0v) is 14.1. The third-order valence-electron chi connectivity index (χ3n) is 4.04. The second kappa shape index (κ2) is 5.61. The molecule has 0 aliphatic heterocycles. The molecule has 2 aromatic rings. The topological polar surface area (TPSA) is 68.0 Å². The predicted octanol–water partition coefficient (Wildman–Crippen LogP) is 3.56. The monoisotopic (exact) mass is 369 g/mol. The molecule has 1 saturated carbocycles. The van der Waals surface area contributed by atoms with Crippen LogP contribution in [0.15, 0.2) is 21.9 Å². The zero-order valence-electron chi connectivity index (χ0n) is 11.7. The number of carboxylic acid groups (broad SMARTS) is 1. The average molecular weight is 370 g/mol. The molecular weight excluding hydrogens is 354 g/mol. The fourth-order valence-electron chi connectivity index (χ4n) is 2.48. The molecule has 7 heteroatoms. The summed E-state index contributed by atoms with van der Waals surface area (Å²) in [5.41, 5.74) is 2.00. The van der Waals surface area contributed by atoms with Crippen LogP contribution in [-0.2, 0) is 11.3 Å². The SMILES string of the molecule is CCC1(Cn2c(SCC(=O)O)nc3cc(Br)cnc32)CC1. The molecule has 1 N–H and O–H groups in total. The van der Waals surface area contributed by atoms with Gasteiger partial charge in [-0.3, -0.25) is 4.79 Å². The highest BCUT2D eigenvalue weighted by Crippen LogP contribution is 2.50. The predicted molar refractivity (Wildman–Crippen MR) is 85.5 cm³/mol. The molecule has 3 rings (SSSR count). The third-order valence-corrected chi connectivity index (χ3v) is 5.44. The van der Waals surface area contributed by atoms with Crippen molar-refractivity contribution in [3.05, 3.63) is 16.7 Å². The van der Waals surface area contributed by atoms with Crippen LogP contribution in [0.3, 0.4) is 0 Å². The molecule has 112 valence electrons. The van der Waals surface area contributed by atoms with E-state index in [1.807, 2.05) is 6.07 Å². The van der Waals surface area contributed by atoms with Gasteiger partial charge in [0.05, 0.1) is 5.75 Å². The minimum Gasteiger partial charge on any atom is -0.481 e. The smallest absolute Gasteiger partial charge is 0.313 e. The average Bonchev–Trinajstić information content (AvgIpc) is 3.14. The van der Waals surface area contributed by atoms with E-state index in [1.165, 1.54) is 24.6 Å². The summed E-state index contributed by atoms with van der Waals surface area (Å²) in [5.74, 6) is -0.812. The van der Waals surface area contributed by atoms with E-state index in [-0.39, 0.29) is 5.75 Å². The van der Waals surface area contributed by atoms with Gasteiger partial charge in [0.1, 0.15) is 5.52 Å². The lowest BCUT2D eigenvalue weighted by atomic mass is 10.0. The summed E-state index contributed by atoms with van der Waals surface area (Å²) in [7, 11) is 0. The number of aliphatic carboxylic acids is 1. The van der Waals surface area contributed by atoms with Gasteiger partial charge in [0.25, 0.3) is 0 Å². The van der Waals surface area contributed by atoms with Crippen LogP contribution in [0.25, 0.3) is 11.2 Å². The lowest BCUT2D eigenvalue weighted by Gasteiger charge is -2.15. The molecule has 0 radical (unpaired) electrons. The fraction of sp³-hybridized carbons (Fsp3) is 0.500. The van der Waals surface area contributed by atoms with E-state index >= 15 is 0 Å². The molecule has 0 unspecified atom stereocenters. The van der Waals surface area contributed by atoms with Gasteiger partial charge in [0, 0.05) is 17.2 Å². The summed E-state index contributed by atoms with van der Waals surface area (Å²) in [5, 5.41) is 9.64. The number of carbonyl (C=O) groups is 1. The molecule has 0 aromatic carbocycles. The van der Waals surface area contributed by atoms with Gasteiger partial charge in [-0.2, -0.15) is 0 Å². The summed E-state index contributed by atoms with van der Waals surface area (Å²) in [6.07, 6.45) is 5.34. The maximum atomic E-state index is 10.8. The molecule has 0 spiro atoms. The van der Waals surface area contributed by atoms with Crippen LogP contribution in [0.2, 0.25) is 0 Å². The summed E-state index contributed by atoms with van der Waals surface area (Å²) < 4.78 is 2.97. The van der Waals surface area contributed by atoms with Crippen LogP contribution in [0.4, 0.5) is 0 Å². The van der Waals surface area contributed by atoms with E-state index in [0.717, 1.165) is 33.8 Å². The number of hydrogen-bond acceptors (Lipinski definition) is 4. The number of pyridine rings is 1. The normalized spacial score (nSPS) is 16.3. The Labute approximate surface area is 135 Å². The molecule has 1 aliphatic rings. The number of rotatable bonds is 6. The summed E-state index contributed by atoms with van der Waals surface area (Å²) >= 11 is 4.67. The Bertz CT molecular complexity index is 697. The maximum Gasteiger partial charge on any atom is 0.313 e. The first-order chi connectivity index (χ1) is 10.0. The van der Waals surface area contributed by atoms with Crippen LogP contribution < -0.4 is 0 Å². The van der Waals surface area contributed by atoms with Gasteiger partial charge >= 0.3 is 5.97 Å². The molecular formula is C14H16BrN3O2S. The molecule has 0 bridgehead atoms. The Morgan fingerprint density at radius 2 is 2.33 bits per heavy atom. The number of imidazole rings is 1. The fourth-order valence-corrected chi connectivity index (χ4v) is 3.52. The number of nitrogens with zero attached hydrogens (tertiary/aromatic N) is 3. The molecule has 0 atom stereocenters. The highest BCUT2D eigenvalue weighted by molar-refractivity contribution is 9.10. The highest BCUT2D eigenvalue weighted by Gasteiger charge is 2.41. The van der Waals surface area contributed by atoms with E-state index in [9.17, 15) is 4.79 Å². The Balaban J connectivity index is 2.00. The van der Waals surface area contributed by atoms with Crippen LogP contribution in [0.1, 0.15) is 26.2 Å². The van der Waals surface area contributed by atoms with Gasteiger partial charge in [0.15, 0.2) is 10.8 Å². The van der Waals surface area contributed by atoms with E-state index in [0.29, 0.717) is 5.41 Å². The molecule has 2 aromatic heterocycles. The van der Waals surface area contributed by atoms with Gasteiger partial charge in [-0.15, -0.1) is 0 Å². The highest BCUT2D eigenvalue weighted by atomic mass is 79.9. The van der Waals surface area contributed by atoms with E-state index in [2.05, 4.69) is 37.4 Å². The lowest BCUT2D eigenvalue weighted by Crippen LogP contribution is -2.12. The molecule has 1 fully saturated rings. The Morgan fingerprint density at radius 1 is 1.57 bits per heavy atom. The van der Waals surface area contributed by atoms with Crippen molar-refractivity contribution < 1.29 is 9.90 Å². The molecule has 0 amide bonds. The number of hydrogen-bond donors (Lipinski definition) is 1. The standard InChI is InChI=1S/C14H16BrN3O2S/c1-2-14(3-4-14)8-18-12-10(5-9(15)6-16-12)17-13(18)21-7-11(19)20/h5-6H,2-4,7-8H2,1H3,(H,19,20). The van der Waals surface area contributed by atoms with Crippen molar-refractivity contribution in [2.45, 2.75) is 37.9 Å². The number of halogens is 1. The molecule has 2 heterocycles. The lowest BCUT2D eigenvalue weighted by molar-refractivity contribution is -0.133. The van der Waals surface area contributed by atoms with Crippen molar-refractivity contribution in [2.24, 2.45) is 5.41 Å². The van der Waals surface area contributed by atoms with E-state index in [1.54, 1.807) is 6.20 Å². The van der Waals surface area contributed by atoms with Crippen molar-refractivity contribution in [3.8, 4) is 0 Å². The zero-order chi connectivity index (χ0) is 15.0. The maximum absolute atomic E-state index is 10.8. The second-order valence-electron chi connectivity index (χ2n) is 5.51. The van der Waals surface area contributed by atoms with Gasteiger partial charge in [-0.05, 0) is 46.7 Å². The van der Waals surface area contributed by atoms with Gasteiger partial charge in [-0.25, -0.2) is 9.97 Å². The largest absolute Gasteiger partial charge is 0.481 e. The Kier molecular flexibility index (Phi) is 3.96. The Morgan fingerprint density at radius 3 is 2.95 bits per heavy atom. The van der Waals surface area contributed by atoms with Gasteiger partial charge in [0.2, 0.25) is 0 Å². The number of carboxylic acids is 1. The van der Waals surface area contributed by atoms with Crippen molar-refractivity contribution in [1.82, 2.24) is 14.5 Å². The minimum atomic E-state index is -0.829. The molecule has 5 nitrogen and oxygen atoms in total. The minimum absolute atomic E-state index is 0.0175. The first kappa shape index (κ1) is 14.8. The second-order valence-corrected chi connectivity index (χ2v) is 7.37. The molecule has 1 aliphatic carbocycles. The quantitative estimate of drug-likeness (QED) is 0.788. The van der Waals surface area contributed by atoms with Crippen molar-refractivity contribution in [1.29, 1.82) is 0 Å². The van der Waals surface area contributed by atoms with Crippen molar-refractivity contribution >= 4 is 44.8 Å². The Hall–Kier alpha value is -1.08. The van der Waals surface area contributed by atoms with Gasteiger partial charge < -0.3 is 9.67 Å².